The molecule has 18 heavy (non-hydrogen) atoms. The first-order chi connectivity index (χ1) is 7.79. The topological polar surface area (TPSA) is 26.3 Å². The molecule has 0 heterocycles. The highest BCUT2D eigenvalue weighted by Crippen LogP contribution is 2.44. The van der Waals surface area contributed by atoms with Crippen molar-refractivity contribution in [3.63, 3.8) is 0 Å². The highest BCUT2D eigenvalue weighted by atomic mass is 19.4. The second-order valence-corrected chi connectivity index (χ2v) is 6.37. The lowest BCUT2D eigenvalue weighted by Crippen LogP contribution is -2.43. The summed E-state index contributed by atoms with van der Waals surface area (Å²) in [5, 5.41) is 0. The predicted molar refractivity (Wildman–Crippen MR) is 64.0 cm³/mol. The van der Waals surface area contributed by atoms with Gasteiger partial charge in [-0.1, -0.05) is 34.6 Å². The first-order valence-electron chi connectivity index (χ1n) is 6.03. The first kappa shape index (κ1) is 17.3. The van der Waals surface area contributed by atoms with Gasteiger partial charge in [0.1, 0.15) is 0 Å². The van der Waals surface area contributed by atoms with Crippen molar-refractivity contribution in [2.45, 2.75) is 54.1 Å². The summed E-state index contributed by atoms with van der Waals surface area (Å²) in [6, 6.07) is 0. The third-order valence-electron chi connectivity index (χ3n) is 3.29. The van der Waals surface area contributed by atoms with Gasteiger partial charge in [-0.2, -0.15) is 13.2 Å². The fourth-order valence-corrected chi connectivity index (χ4v) is 1.82. The largest absolute Gasteiger partial charge is 0.456 e. The lowest BCUT2D eigenvalue weighted by molar-refractivity contribution is -0.198. The van der Waals surface area contributed by atoms with Crippen molar-refractivity contribution >= 4 is 5.97 Å². The average molecular weight is 268 g/mol. The summed E-state index contributed by atoms with van der Waals surface area (Å²) in [5.74, 6) is -0.575. The molecule has 1 atom stereocenters. The van der Waals surface area contributed by atoms with Crippen LogP contribution < -0.4 is 0 Å². The Bertz CT molecular complexity index is 290. The first-order valence-corrected chi connectivity index (χ1v) is 6.03. The number of rotatable bonds is 4. The molecular weight excluding hydrogens is 245 g/mol. The van der Waals surface area contributed by atoms with E-state index in [1.165, 1.54) is 0 Å². The Labute approximate surface area is 107 Å². The van der Waals surface area contributed by atoms with Gasteiger partial charge in [0, 0.05) is 0 Å². The van der Waals surface area contributed by atoms with Gasteiger partial charge in [0.15, 0.2) is 6.61 Å². The van der Waals surface area contributed by atoms with Gasteiger partial charge in [-0.05, 0) is 24.7 Å². The summed E-state index contributed by atoms with van der Waals surface area (Å²) in [4.78, 5) is 12.0. The van der Waals surface area contributed by atoms with Gasteiger partial charge in [-0.3, -0.25) is 4.79 Å². The summed E-state index contributed by atoms with van der Waals surface area (Å²) in [6.45, 7) is 9.53. The van der Waals surface area contributed by atoms with E-state index in [-0.39, 0.29) is 5.92 Å². The van der Waals surface area contributed by atoms with Crippen molar-refractivity contribution in [2.24, 2.45) is 16.7 Å². The Morgan fingerprint density at radius 2 is 1.56 bits per heavy atom. The quantitative estimate of drug-likeness (QED) is 0.715. The van der Waals surface area contributed by atoms with Crippen molar-refractivity contribution in [1.82, 2.24) is 0 Å². The smallest absolute Gasteiger partial charge is 0.422 e. The number of carbonyl (C=O) groups is 1. The zero-order chi connectivity index (χ0) is 14.8. The third kappa shape index (κ3) is 4.86. The molecule has 0 N–H and O–H groups in total. The van der Waals surface area contributed by atoms with E-state index in [2.05, 4.69) is 4.74 Å². The monoisotopic (exact) mass is 268 g/mol. The second-order valence-electron chi connectivity index (χ2n) is 6.37. The molecule has 0 aliphatic carbocycles. The van der Waals surface area contributed by atoms with Crippen LogP contribution in [0.15, 0.2) is 0 Å². The minimum Gasteiger partial charge on any atom is -0.456 e. The number of carbonyl (C=O) groups excluding carboxylic acids is 1. The maximum atomic E-state index is 12.1. The zero-order valence-corrected chi connectivity index (χ0v) is 11.9. The molecule has 0 spiro atoms. The van der Waals surface area contributed by atoms with E-state index in [0.29, 0.717) is 6.42 Å². The highest BCUT2D eigenvalue weighted by Gasteiger charge is 2.46. The van der Waals surface area contributed by atoms with Gasteiger partial charge in [-0.15, -0.1) is 0 Å². The molecule has 5 heteroatoms. The summed E-state index contributed by atoms with van der Waals surface area (Å²) in [6.07, 6.45) is -3.99. The number of halogens is 3. The molecule has 0 aliphatic heterocycles. The van der Waals surface area contributed by atoms with Gasteiger partial charge in [-0.25, -0.2) is 0 Å². The SMILES string of the molecule is CC(C)CC(C)(C(=O)OCC(F)(F)F)C(C)(C)C. The standard InChI is InChI=1S/C13H23F3O2/c1-9(2)7-12(6,11(3,4)5)10(17)18-8-13(14,15)16/h9H,7-8H2,1-6H3. The van der Waals surface area contributed by atoms with Crippen molar-refractivity contribution in [1.29, 1.82) is 0 Å². The molecule has 0 radical (unpaired) electrons. The molecule has 0 aliphatic rings. The maximum absolute atomic E-state index is 12.1. The Morgan fingerprint density at radius 1 is 1.11 bits per heavy atom. The number of alkyl halides is 3. The van der Waals surface area contributed by atoms with Gasteiger partial charge >= 0.3 is 12.1 Å². The molecule has 0 aromatic carbocycles. The highest BCUT2D eigenvalue weighted by molar-refractivity contribution is 5.77. The minimum atomic E-state index is -4.48. The summed E-state index contributed by atoms with van der Waals surface area (Å²) >= 11 is 0. The van der Waals surface area contributed by atoms with Crippen LogP contribution in [0.5, 0.6) is 0 Å². The Kier molecular flexibility index (Phi) is 5.27. The molecule has 0 aromatic rings. The minimum absolute atomic E-state index is 0.202. The summed E-state index contributed by atoms with van der Waals surface area (Å²) < 4.78 is 40.7. The fraction of sp³-hybridized carbons (Fsp3) is 0.923. The van der Waals surface area contributed by atoms with Crippen molar-refractivity contribution in [3.05, 3.63) is 0 Å². The molecular formula is C13H23F3O2. The Balaban J connectivity index is 4.94. The van der Waals surface area contributed by atoms with Crippen LogP contribution in [0.3, 0.4) is 0 Å². The second kappa shape index (κ2) is 5.49. The molecule has 0 fully saturated rings. The normalized spacial score (nSPS) is 16.6. The Hall–Kier alpha value is -0.740. The van der Waals surface area contributed by atoms with E-state index < -0.39 is 29.6 Å². The molecule has 0 saturated heterocycles. The molecule has 0 bridgehead atoms. The lowest BCUT2D eigenvalue weighted by Gasteiger charge is -2.40. The number of ether oxygens (including phenoxy) is 1. The number of hydrogen-bond donors (Lipinski definition) is 0. The van der Waals surface area contributed by atoms with Gasteiger partial charge in [0.2, 0.25) is 0 Å². The van der Waals surface area contributed by atoms with E-state index >= 15 is 0 Å². The van der Waals surface area contributed by atoms with E-state index in [4.69, 9.17) is 0 Å². The molecule has 2 nitrogen and oxygen atoms in total. The molecule has 0 saturated carbocycles. The van der Waals surface area contributed by atoms with E-state index in [1.807, 2.05) is 34.6 Å². The van der Waals surface area contributed by atoms with Crippen LogP contribution in [-0.2, 0) is 9.53 Å². The van der Waals surface area contributed by atoms with Crippen LogP contribution >= 0.6 is 0 Å². The maximum Gasteiger partial charge on any atom is 0.422 e. The molecule has 1 unspecified atom stereocenters. The summed E-state index contributed by atoms with van der Waals surface area (Å²) in [7, 11) is 0. The number of hydrogen-bond acceptors (Lipinski definition) is 2. The molecule has 0 amide bonds. The third-order valence-corrected chi connectivity index (χ3v) is 3.29. The van der Waals surface area contributed by atoms with Crippen molar-refractivity contribution in [3.8, 4) is 0 Å². The number of esters is 1. The molecule has 0 rings (SSSR count). The van der Waals surface area contributed by atoms with Crippen LogP contribution in [-0.4, -0.2) is 18.8 Å². The van der Waals surface area contributed by atoms with Crippen LogP contribution in [0, 0.1) is 16.7 Å². The fourth-order valence-electron chi connectivity index (χ4n) is 1.82. The van der Waals surface area contributed by atoms with E-state index in [1.54, 1.807) is 6.92 Å². The van der Waals surface area contributed by atoms with Crippen LogP contribution in [0.1, 0.15) is 48.0 Å². The van der Waals surface area contributed by atoms with Crippen molar-refractivity contribution < 1.29 is 22.7 Å². The average Bonchev–Trinajstić information content (AvgIpc) is 2.09. The van der Waals surface area contributed by atoms with Gasteiger partial charge in [0.25, 0.3) is 0 Å². The van der Waals surface area contributed by atoms with Gasteiger partial charge < -0.3 is 4.74 Å². The van der Waals surface area contributed by atoms with E-state index in [9.17, 15) is 18.0 Å². The van der Waals surface area contributed by atoms with Crippen molar-refractivity contribution in [2.75, 3.05) is 6.61 Å². The summed E-state index contributed by atoms with van der Waals surface area (Å²) in [5.41, 5.74) is -1.38. The Morgan fingerprint density at radius 3 is 1.83 bits per heavy atom. The van der Waals surface area contributed by atoms with Gasteiger partial charge in [0.05, 0.1) is 5.41 Å². The predicted octanol–water partition coefficient (Wildman–Crippen LogP) is 4.19. The lowest BCUT2D eigenvalue weighted by atomic mass is 9.64. The zero-order valence-electron chi connectivity index (χ0n) is 11.9. The van der Waals surface area contributed by atoms with Crippen LogP contribution in [0.2, 0.25) is 0 Å². The van der Waals surface area contributed by atoms with E-state index in [0.717, 1.165) is 0 Å². The van der Waals surface area contributed by atoms with Crippen LogP contribution in [0.4, 0.5) is 13.2 Å². The molecule has 0 aromatic heterocycles. The van der Waals surface area contributed by atoms with Crippen LogP contribution in [0.25, 0.3) is 0 Å². The molecule has 108 valence electrons.